The topological polar surface area (TPSA) is 231 Å². The Morgan fingerprint density at radius 2 is 1.39 bits per heavy atom. The van der Waals surface area contributed by atoms with E-state index in [2.05, 4.69) is 16.0 Å². The summed E-state index contributed by atoms with van der Waals surface area (Å²) in [5.74, 6) is -6.54. The molecule has 176 valence electrons. The van der Waals surface area contributed by atoms with E-state index in [9.17, 15) is 33.9 Å². The van der Waals surface area contributed by atoms with Crippen LogP contribution in [0.1, 0.15) is 46.5 Å². The van der Waals surface area contributed by atoms with Crippen molar-refractivity contribution in [1.82, 2.24) is 16.0 Å². The maximum absolute atomic E-state index is 12.6. The molecule has 0 aliphatic heterocycles. The molecule has 0 aliphatic carbocycles. The smallest absolute Gasteiger partial charge is 0.326 e. The minimum absolute atomic E-state index is 0.357. The number of aliphatic carboxylic acids is 2. The van der Waals surface area contributed by atoms with Crippen LogP contribution < -0.4 is 27.4 Å². The van der Waals surface area contributed by atoms with E-state index >= 15 is 0 Å². The fourth-order valence-corrected chi connectivity index (χ4v) is 2.46. The number of hydrogen-bond acceptors (Lipinski definition) is 7. The summed E-state index contributed by atoms with van der Waals surface area (Å²) >= 11 is 0. The van der Waals surface area contributed by atoms with Crippen molar-refractivity contribution < 1.29 is 39.0 Å². The molecule has 0 saturated heterocycles. The first-order valence-corrected chi connectivity index (χ1v) is 9.69. The van der Waals surface area contributed by atoms with Crippen molar-refractivity contribution >= 4 is 35.6 Å². The number of carbonyl (C=O) groups is 6. The predicted molar refractivity (Wildman–Crippen MR) is 107 cm³/mol. The number of amides is 4. The fraction of sp³-hybridized carbons (Fsp3) is 0.667. The van der Waals surface area contributed by atoms with E-state index in [0.29, 0.717) is 6.42 Å². The summed E-state index contributed by atoms with van der Waals surface area (Å²) in [4.78, 5) is 70.7. The lowest BCUT2D eigenvalue weighted by atomic mass is 9.98. The highest BCUT2D eigenvalue weighted by molar-refractivity contribution is 5.96. The average Bonchev–Trinajstić information content (AvgIpc) is 2.66. The van der Waals surface area contributed by atoms with Gasteiger partial charge in [-0.2, -0.15) is 0 Å². The van der Waals surface area contributed by atoms with E-state index < -0.39 is 78.5 Å². The van der Waals surface area contributed by atoms with E-state index in [4.69, 9.17) is 16.6 Å². The zero-order valence-corrected chi connectivity index (χ0v) is 17.7. The van der Waals surface area contributed by atoms with E-state index in [0.717, 1.165) is 0 Å². The van der Waals surface area contributed by atoms with Crippen LogP contribution in [-0.4, -0.2) is 69.9 Å². The Hall–Kier alpha value is -3.22. The van der Waals surface area contributed by atoms with Crippen LogP contribution in [-0.2, 0) is 28.8 Å². The monoisotopic (exact) mass is 445 g/mol. The van der Waals surface area contributed by atoms with Gasteiger partial charge in [0.25, 0.3) is 0 Å². The van der Waals surface area contributed by atoms with Crippen molar-refractivity contribution in [3.8, 4) is 0 Å². The summed E-state index contributed by atoms with van der Waals surface area (Å²) in [7, 11) is 0. The maximum atomic E-state index is 12.6. The van der Waals surface area contributed by atoms with Gasteiger partial charge in [-0.05, 0) is 19.3 Å². The van der Waals surface area contributed by atoms with Crippen molar-refractivity contribution in [3.63, 3.8) is 0 Å². The van der Waals surface area contributed by atoms with Crippen LogP contribution in [0.15, 0.2) is 0 Å². The lowest BCUT2D eigenvalue weighted by molar-refractivity contribution is -0.144. The number of nitrogens with one attached hydrogen (secondary N) is 3. The molecule has 5 atom stereocenters. The number of rotatable bonds is 14. The van der Waals surface area contributed by atoms with Gasteiger partial charge >= 0.3 is 11.9 Å². The summed E-state index contributed by atoms with van der Waals surface area (Å²) in [5, 5.41) is 25.0. The van der Waals surface area contributed by atoms with Crippen molar-refractivity contribution in [1.29, 1.82) is 0 Å². The van der Waals surface area contributed by atoms with Gasteiger partial charge in [0, 0.05) is 6.42 Å². The SMILES string of the molecule is CCC(C)C(NC(=O)C(CCC(=O)O)NC(=O)C(CC(N)=O)NC(=O)C(C)N)C(=O)O. The molecule has 13 nitrogen and oxygen atoms in total. The lowest BCUT2D eigenvalue weighted by Gasteiger charge is -2.26. The zero-order valence-electron chi connectivity index (χ0n) is 17.7. The Kier molecular flexibility index (Phi) is 11.8. The molecule has 0 saturated carbocycles. The number of carbonyl (C=O) groups excluding carboxylic acids is 4. The van der Waals surface area contributed by atoms with Crippen LogP contribution in [0.25, 0.3) is 0 Å². The quantitative estimate of drug-likeness (QED) is 0.151. The Morgan fingerprint density at radius 1 is 0.871 bits per heavy atom. The van der Waals surface area contributed by atoms with Gasteiger partial charge in [0.15, 0.2) is 0 Å². The van der Waals surface area contributed by atoms with Gasteiger partial charge in [-0.1, -0.05) is 20.3 Å². The van der Waals surface area contributed by atoms with Crippen molar-refractivity contribution in [2.45, 2.75) is 70.6 Å². The molecule has 0 aromatic carbocycles. The highest BCUT2D eigenvalue weighted by Gasteiger charge is 2.32. The summed E-state index contributed by atoms with van der Waals surface area (Å²) in [6, 6.07) is -5.15. The van der Waals surface area contributed by atoms with Gasteiger partial charge in [0.05, 0.1) is 12.5 Å². The first kappa shape index (κ1) is 27.8. The Morgan fingerprint density at radius 3 is 1.81 bits per heavy atom. The van der Waals surface area contributed by atoms with Crippen molar-refractivity contribution in [2.24, 2.45) is 17.4 Å². The number of carboxylic acid groups (broad SMARTS) is 2. The molecule has 31 heavy (non-hydrogen) atoms. The molecule has 9 N–H and O–H groups in total. The van der Waals surface area contributed by atoms with Crippen LogP contribution in [0.3, 0.4) is 0 Å². The van der Waals surface area contributed by atoms with Gasteiger partial charge in [-0.15, -0.1) is 0 Å². The van der Waals surface area contributed by atoms with E-state index in [1.807, 2.05) is 0 Å². The lowest BCUT2D eigenvalue weighted by Crippen LogP contribution is -2.58. The minimum Gasteiger partial charge on any atom is -0.481 e. The molecule has 0 aromatic rings. The standard InChI is InChI=1S/C18H31N5O8/c1-4-8(2)14(18(30)31)23-16(28)10(5-6-13(25)26)21-17(29)11(7-12(20)24)22-15(27)9(3)19/h8-11,14H,4-7,19H2,1-3H3,(H2,20,24)(H,21,29)(H,22,27)(H,23,28)(H,25,26)(H,30,31). The second-order valence-electron chi connectivity index (χ2n) is 7.22. The fourth-order valence-electron chi connectivity index (χ4n) is 2.46. The highest BCUT2D eigenvalue weighted by Crippen LogP contribution is 2.09. The average molecular weight is 445 g/mol. The first-order chi connectivity index (χ1) is 14.3. The molecular weight excluding hydrogens is 414 g/mol. The van der Waals surface area contributed by atoms with Crippen LogP contribution in [0.5, 0.6) is 0 Å². The molecule has 0 aliphatic rings. The molecule has 4 amide bonds. The second-order valence-corrected chi connectivity index (χ2v) is 7.22. The third kappa shape index (κ3) is 10.4. The van der Waals surface area contributed by atoms with Crippen LogP contribution >= 0.6 is 0 Å². The Balaban J connectivity index is 5.57. The van der Waals surface area contributed by atoms with Gasteiger partial charge in [-0.3, -0.25) is 24.0 Å². The molecule has 0 radical (unpaired) electrons. The van der Waals surface area contributed by atoms with E-state index in [1.165, 1.54) is 6.92 Å². The van der Waals surface area contributed by atoms with Crippen molar-refractivity contribution in [3.05, 3.63) is 0 Å². The Labute approximate surface area is 179 Å². The number of nitrogens with two attached hydrogens (primary N) is 2. The molecule has 0 bridgehead atoms. The summed E-state index contributed by atoms with van der Waals surface area (Å²) < 4.78 is 0. The normalized spacial score (nSPS) is 15.5. The Bertz CT molecular complexity index is 696. The molecule has 0 rings (SSSR count). The van der Waals surface area contributed by atoms with Crippen molar-refractivity contribution in [2.75, 3.05) is 0 Å². The summed E-state index contributed by atoms with van der Waals surface area (Å²) in [6.45, 7) is 4.68. The zero-order chi connectivity index (χ0) is 24.3. The van der Waals surface area contributed by atoms with Gasteiger partial charge in [0.2, 0.25) is 23.6 Å². The summed E-state index contributed by atoms with van der Waals surface area (Å²) in [5.41, 5.74) is 10.5. The van der Waals surface area contributed by atoms with Crippen LogP contribution in [0.2, 0.25) is 0 Å². The molecule has 0 fully saturated rings. The summed E-state index contributed by atoms with van der Waals surface area (Å²) in [6.07, 6.45) is -1.02. The van der Waals surface area contributed by atoms with E-state index in [1.54, 1.807) is 13.8 Å². The van der Waals surface area contributed by atoms with Gasteiger partial charge in [0.1, 0.15) is 18.1 Å². The molecular formula is C18H31N5O8. The maximum Gasteiger partial charge on any atom is 0.326 e. The number of primary amides is 1. The van der Waals surface area contributed by atoms with Crippen LogP contribution in [0, 0.1) is 5.92 Å². The third-order valence-corrected chi connectivity index (χ3v) is 4.51. The minimum atomic E-state index is -1.46. The largest absolute Gasteiger partial charge is 0.481 e. The second kappa shape index (κ2) is 13.2. The third-order valence-electron chi connectivity index (χ3n) is 4.51. The molecule has 0 aromatic heterocycles. The van der Waals surface area contributed by atoms with Gasteiger partial charge < -0.3 is 37.6 Å². The predicted octanol–water partition coefficient (Wildman–Crippen LogP) is -2.34. The molecule has 0 heterocycles. The number of hydrogen-bond donors (Lipinski definition) is 7. The van der Waals surface area contributed by atoms with Gasteiger partial charge in [-0.25, -0.2) is 4.79 Å². The van der Waals surface area contributed by atoms with Crippen LogP contribution in [0.4, 0.5) is 0 Å². The number of carboxylic acids is 2. The highest BCUT2D eigenvalue weighted by atomic mass is 16.4. The first-order valence-electron chi connectivity index (χ1n) is 9.69. The molecule has 13 heteroatoms. The molecule has 0 spiro atoms. The molecule has 5 unspecified atom stereocenters. The van der Waals surface area contributed by atoms with E-state index in [-0.39, 0.29) is 6.42 Å².